The minimum Gasteiger partial charge on any atom is -0.540 e. The molecule has 2 rings (SSSR count). The van der Waals surface area contributed by atoms with Crippen LogP contribution in [0.15, 0.2) is 73.0 Å². The zero-order chi connectivity index (χ0) is 16.9. The van der Waals surface area contributed by atoms with Gasteiger partial charge in [0.25, 0.3) is 0 Å². The molecular formula is C20H26O2Si. The molecule has 2 aromatic carbocycles. The van der Waals surface area contributed by atoms with Gasteiger partial charge >= 0.3 is 8.32 Å². The van der Waals surface area contributed by atoms with Gasteiger partial charge < -0.3 is 9.53 Å². The molecule has 0 amide bonds. The Balaban J connectivity index is 2.64. The molecule has 0 aliphatic rings. The van der Waals surface area contributed by atoms with Crippen molar-refractivity contribution in [1.82, 2.24) is 0 Å². The molecule has 2 aromatic rings. The second-order valence-corrected chi connectivity index (χ2v) is 11.1. The lowest BCUT2D eigenvalue weighted by Crippen LogP contribution is -2.65. The quantitative estimate of drug-likeness (QED) is 0.673. The van der Waals surface area contributed by atoms with Crippen LogP contribution in [-0.2, 0) is 4.43 Å². The molecule has 1 unspecified atom stereocenters. The number of aliphatic hydroxyl groups is 1. The van der Waals surface area contributed by atoms with Crippen LogP contribution in [0.25, 0.3) is 0 Å². The molecule has 3 heteroatoms. The number of aliphatic hydroxyl groups excluding tert-OH is 1. The zero-order valence-electron chi connectivity index (χ0n) is 14.4. The van der Waals surface area contributed by atoms with Crippen molar-refractivity contribution in [2.75, 3.05) is 0 Å². The number of hydrogen-bond donors (Lipinski definition) is 1. The van der Waals surface area contributed by atoms with Gasteiger partial charge in [0.15, 0.2) is 0 Å². The minimum atomic E-state index is -2.51. The molecule has 23 heavy (non-hydrogen) atoms. The van der Waals surface area contributed by atoms with Crippen LogP contribution in [-0.4, -0.2) is 19.5 Å². The van der Waals surface area contributed by atoms with Gasteiger partial charge in [-0.25, -0.2) is 0 Å². The highest BCUT2D eigenvalue weighted by atomic mass is 28.4. The first-order valence-electron chi connectivity index (χ1n) is 8.01. The van der Waals surface area contributed by atoms with Crippen molar-refractivity contribution in [3.63, 3.8) is 0 Å². The van der Waals surface area contributed by atoms with E-state index < -0.39 is 14.4 Å². The van der Waals surface area contributed by atoms with Crippen LogP contribution >= 0.6 is 0 Å². The van der Waals surface area contributed by atoms with Gasteiger partial charge in [0.2, 0.25) is 0 Å². The summed E-state index contributed by atoms with van der Waals surface area (Å²) >= 11 is 0. The molecule has 1 atom stereocenters. The first kappa shape index (κ1) is 17.5. The fraction of sp³-hybridized carbons (Fsp3) is 0.300. The van der Waals surface area contributed by atoms with Crippen molar-refractivity contribution >= 4 is 18.7 Å². The molecule has 0 radical (unpaired) electrons. The van der Waals surface area contributed by atoms with E-state index in [1.54, 1.807) is 19.3 Å². The summed E-state index contributed by atoms with van der Waals surface area (Å²) in [4.78, 5) is 0. The average molecular weight is 327 g/mol. The van der Waals surface area contributed by atoms with Crippen molar-refractivity contribution in [2.45, 2.75) is 38.8 Å². The molecule has 0 aliphatic carbocycles. The van der Waals surface area contributed by atoms with Gasteiger partial charge in [-0.1, -0.05) is 81.4 Å². The van der Waals surface area contributed by atoms with E-state index in [0.717, 1.165) is 0 Å². The predicted molar refractivity (Wildman–Crippen MR) is 99.5 cm³/mol. The van der Waals surface area contributed by atoms with Crippen LogP contribution in [0.4, 0.5) is 0 Å². The monoisotopic (exact) mass is 326 g/mol. The van der Waals surface area contributed by atoms with E-state index in [1.807, 2.05) is 12.1 Å². The van der Waals surface area contributed by atoms with E-state index in [2.05, 4.69) is 69.3 Å². The van der Waals surface area contributed by atoms with Crippen LogP contribution in [0.2, 0.25) is 5.04 Å². The molecule has 122 valence electrons. The van der Waals surface area contributed by atoms with Crippen LogP contribution in [0.5, 0.6) is 0 Å². The summed E-state index contributed by atoms with van der Waals surface area (Å²) < 4.78 is 6.48. The zero-order valence-corrected chi connectivity index (χ0v) is 15.4. The Hall–Kier alpha value is -1.84. The average Bonchev–Trinajstić information content (AvgIpc) is 2.52. The Morgan fingerprint density at radius 3 is 1.70 bits per heavy atom. The normalized spacial score (nSPS) is 14.0. The lowest BCUT2D eigenvalue weighted by atomic mass is 10.2. The Labute approximate surface area is 140 Å². The van der Waals surface area contributed by atoms with Crippen LogP contribution < -0.4 is 10.4 Å². The maximum absolute atomic E-state index is 9.54. The van der Waals surface area contributed by atoms with E-state index >= 15 is 0 Å². The lowest BCUT2D eigenvalue weighted by molar-refractivity contribution is 0.240. The highest BCUT2D eigenvalue weighted by molar-refractivity contribution is 6.99. The topological polar surface area (TPSA) is 29.5 Å². The van der Waals surface area contributed by atoms with Gasteiger partial charge in [0.1, 0.15) is 0 Å². The summed E-state index contributed by atoms with van der Waals surface area (Å²) in [6, 6.07) is 20.9. The van der Waals surface area contributed by atoms with Crippen molar-refractivity contribution in [1.29, 1.82) is 0 Å². The summed E-state index contributed by atoms with van der Waals surface area (Å²) in [5.41, 5.74) is 0. The molecule has 0 saturated heterocycles. The largest absolute Gasteiger partial charge is 0.540 e. The Morgan fingerprint density at radius 2 is 1.35 bits per heavy atom. The predicted octanol–water partition coefficient (Wildman–Crippen LogP) is 3.46. The lowest BCUT2D eigenvalue weighted by Gasteiger charge is -2.41. The molecule has 0 aliphatic heterocycles. The molecule has 1 N–H and O–H groups in total. The highest BCUT2D eigenvalue weighted by Gasteiger charge is 2.51. The molecular weight excluding hydrogens is 300 g/mol. The number of benzene rings is 2. The Kier molecular flexibility index (Phi) is 5.45. The second-order valence-electron chi connectivity index (χ2n) is 6.85. The fourth-order valence-electron chi connectivity index (χ4n) is 2.95. The van der Waals surface area contributed by atoms with Gasteiger partial charge in [-0.15, -0.1) is 0 Å². The van der Waals surface area contributed by atoms with E-state index in [0.29, 0.717) is 0 Å². The van der Waals surface area contributed by atoms with Crippen LogP contribution in [0.1, 0.15) is 27.7 Å². The highest BCUT2D eigenvalue weighted by Crippen LogP contribution is 2.36. The molecule has 0 saturated carbocycles. The molecule has 0 bridgehead atoms. The van der Waals surface area contributed by atoms with Crippen LogP contribution in [0.3, 0.4) is 0 Å². The first-order valence-corrected chi connectivity index (χ1v) is 9.92. The maximum Gasteiger partial charge on any atom is 0.319 e. The third-order valence-corrected chi connectivity index (χ3v) is 8.91. The standard InChI is InChI=1S/C20H26O2Si/c1-17(21)15-16-22-23(20(2,3)4,18-11-7-5-8-12-18)19-13-9-6-10-14-19/h5-17,21H,1-4H3. The summed E-state index contributed by atoms with van der Waals surface area (Å²) in [6.07, 6.45) is 2.86. The summed E-state index contributed by atoms with van der Waals surface area (Å²) in [5.74, 6) is 0. The molecule has 0 heterocycles. The van der Waals surface area contributed by atoms with E-state index in [1.165, 1.54) is 10.4 Å². The summed E-state index contributed by atoms with van der Waals surface area (Å²) in [5, 5.41) is 11.9. The first-order chi connectivity index (χ1) is 10.9. The summed E-state index contributed by atoms with van der Waals surface area (Å²) in [7, 11) is -2.51. The van der Waals surface area contributed by atoms with Crippen molar-refractivity contribution < 1.29 is 9.53 Å². The van der Waals surface area contributed by atoms with Crippen molar-refractivity contribution in [2.24, 2.45) is 0 Å². The molecule has 2 nitrogen and oxygen atoms in total. The van der Waals surface area contributed by atoms with Crippen LogP contribution in [0, 0.1) is 0 Å². The van der Waals surface area contributed by atoms with Gasteiger partial charge in [-0.2, -0.15) is 0 Å². The third-order valence-electron chi connectivity index (χ3n) is 4.02. The van der Waals surface area contributed by atoms with Gasteiger partial charge in [-0.3, -0.25) is 0 Å². The molecule has 0 spiro atoms. The third kappa shape index (κ3) is 3.74. The van der Waals surface area contributed by atoms with Gasteiger partial charge in [0.05, 0.1) is 12.4 Å². The molecule has 0 aromatic heterocycles. The fourth-order valence-corrected chi connectivity index (χ4v) is 7.24. The van der Waals surface area contributed by atoms with E-state index in [4.69, 9.17) is 4.43 Å². The number of hydrogen-bond acceptors (Lipinski definition) is 2. The Morgan fingerprint density at radius 1 is 0.913 bits per heavy atom. The van der Waals surface area contributed by atoms with Gasteiger partial charge in [0, 0.05) is 0 Å². The molecule has 0 fully saturated rings. The van der Waals surface area contributed by atoms with Crippen molar-refractivity contribution in [3.05, 3.63) is 73.0 Å². The SMILES string of the molecule is CC(O)C=CO[Si](c1ccccc1)(c1ccccc1)C(C)(C)C. The second kappa shape index (κ2) is 7.15. The van der Waals surface area contributed by atoms with E-state index in [-0.39, 0.29) is 5.04 Å². The van der Waals surface area contributed by atoms with E-state index in [9.17, 15) is 5.11 Å². The summed E-state index contributed by atoms with van der Waals surface area (Å²) in [6.45, 7) is 8.42. The van der Waals surface area contributed by atoms with Gasteiger partial charge in [-0.05, 0) is 28.4 Å². The smallest absolute Gasteiger partial charge is 0.319 e. The van der Waals surface area contributed by atoms with Crippen molar-refractivity contribution in [3.8, 4) is 0 Å². The Bertz CT molecular complexity index is 588. The minimum absolute atomic E-state index is 0.0568. The maximum atomic E-state index is 9.54. The number of rotatable bonds is 5.